The van der Waals surface area contributed by atoms with Crippen molar-refractivity contribution in [3.63, 3.8) is 0 Å². The van der Waals surface area contributed by atoms with Crippen LogP contribution in [0.1, 0.15) is 24.8 Å². The fraction of sp³-hybridized carbons (Fsp3) is 0.571. The summed E-state index contributed by atoms with van der Waals surface area (Å²) in [7, 11) is 1.56. The fourth-order valence-electron chi connectivity index (χ4n) is 2.54. The van der Waals surface area contributed by atoms with Crippen LogP contribution in [0.5, 0.6) is 11.5 Å². The van der Waals surface area contributed by atoms with Gasteiger partial charge in [0.25, 0.3) is 0 Å². The van der Waals surface area contributed by atoms with Gasteiger partial charge in [0.1, 0.15) is 0 Å². The highest BCUT2D eigenvalue weighted by molar-refractivity contribution is 7.99. The zero-order chi connectivity index (χ0) is 13.0. The fourth-order valence-corrected chi connectivity index (χ4v) is 3.50. The molecule has 1 saturated carbocycles. The van der Waals surface area contributed by atoms with Crippen LogP contribution >= 0.6 is 11.8 Å². The number of ether oxygens (including phenoxy) is 1. The lowest BCUT2D eigenvalue weighted by molar-refractivity contribution is 0.373. The van der Waals surface area contributed by atoms with Crippen molar-refractivity contribution >= 4 is 11.8 Å². The van der Waals surface area contributed by atoms with Gasteiger partial charge in [-0.25, -0.2) is 0 Å². The molecule has 0 aliphatic heterocycles. The molecule has 0 bridgehead atoms. The van der Waals surface area contributed by atoms with Crippen molar-refractivity contribution in [2.45, 2.75) is 37.1 Å². The summed E-state index contributed by atoms with van der Waals surface area (Å²) in [5.41, 5.74) is 1.10. The molecule has 2 rings (SSSR count). The molecule has 4 heteroatoms. The first kappa shape index (κ1) is 13.6. The van der Waals surface area contributed by atoms with E-state index >= 15 is 0 Å². The van der Waals surface area contributed by atoms with Crippen molar-refractivity contribution in [2.75, 3.05) is 13.4 Å². The lowest BCUT2D eigenvalue weighted by Crippen LogP contribution is -2.33. The highest BCUT2D eigenvalue weighted by atomic mass is 32.2. The maximum atomic E-state index is 9.72. The predicted octanol–water partition coefficient (Wildman–Crippen LogP) is 2.77. The third kappa shape index (κ3) is 3.12. The molecular formula is C14H21NO2S. The summed E-state index contributed by atoms with van der Waals surface area (Å²) in [6.45, 7) is 0.805. The monoisotopic (exact) mass is 267 g/mol. The van der Waals surface area contributed by atoms with Crippen molar-refractivity contribution in [3.8, 4) is 11.5 Å². The van der Waals surface area contributed by atoms with Gasteiger partial charge in [-0.3, -0.25) is 0 Å². The van der Waals surface area contributed by atoms with Crippen LogP contribution in [0.25, 0.3) is 0 Å². The average Bonchev–Trinajstić information content (AvgIpc) is 2.84. The van der Waals surface area contributed by atoms with Gasteiger partial charge in [0, 0.05) is 17.8 Å². The molecule has 18 heavy (non-hydrogen) atoms. The van der Waals surface area contributed by atoms with Gasteiger partial charge in [-0.05, 0) is 36.8 Å². The zero-order valence-corrected chi connectivity index (χ0v) is 11.8. The highest BCUT2D eigenvalue weighted by Gasteiger charge is 2.25. The Labute approximate surface area is 113 Å². The molecule has 1 aromatic carbocycles. The minimum absolute atomic E-state index is 0.213. The van der Waals surface area contributed by atoms with Crippen LogP contribution in [0.3, 0.4) is 0 Å². The Bertz CT molecular complexity index is 397. The van der Waals surface area contributed by atoms with Crippen molar-refractivity contribution < 1.29 is 9.84 Å². The number of rotatable bonds is 5. The number of benzene rings is 1. The van der Waals surface area contributed by atoms with Gasteiger partial charge in [-0.15, -0.1) is 0 Å². The number of phenolic OH excluding ortho intramolecular Hbond substituents is 1. The van der Waals surface area contributed by atoms with Crippen LogP contribution in [0.4, 0.5) is 0 Å². The molecular weight excluding hydrogens is 246 g/mol. The van der Waals surface area contributed by atoms with Crippen molar-refractivity contribution in [3.05, 3.63) is 23.8 Å². The van der Waals surface area contributed by atoms with Crippen LogP contribution in [0, 0.1) is 0 Å². The molecule has 1 aliphatic carbocycles. The lowest BCUT2D eigenvalue weighted by Gasteiger charge is -2.19. The van der Waals surface area contributed by atoms with Crippen molar-refractivity contribution in [1.29, 1.82) is 0 Å². The number of hydrogen-bond acceptors (Lipinski definition) is 4. The molecule has 2 unspecified atom stereocenters. The van der Waals surface area contributed by atoms with E-state index in [9.17, 15) is 5.11 Å². The van der Waals surface area contributed by atoms with E-state index in [0.29, 0.717) is 11.8 Å². The van der Waals surface area contributed by atoms with Gasteiger partial charge in [-0.2, -0.15) is 11.8 Å². The van der Waals surface area contributed by atoms with Crippen LogP contribution in [0.15, 0.2) is 18.2 Å². The second kappa shape index (κ2) is 6.34. The second-order valence-corrected chi connectivity index (χ2v) is 5.78. The lowest BCUT2D eigenvalue weighted by atomic mass is 10.1. The summed E-state index contributed by atoms with van der Waals surface area (Å²) < 4.78 is 5.04. The van der Waals surface area contributed by atoms with Gasteiger partial charge in [0.05, 0.1) is 7.11 Å². The standard InChI is InChI=1S/C14H21NO2S/c1-17-13-7-6-10(8-12(13)16)9-15-11-4-3-5-14(11)18-2/h6-8,11,14-16H,3-5,9H2,1-2H3. The van der Waals surface area contributed by atoms with Crippen LogP contribution in [-0.4, -0.2) is 29.8 Å². The number of hydrogen-bond donors (Lipinski definition) is 2. The molecule has 2 atom stereocenters. The quantitative estimate of drug-likeness (QED) is 0.861. The Kier molecular flexibility index (Phi) is 4.78. The summed E-state index contributed by atoms with van der Waals surface area (Å²) in [6.07, 6.45) is 6.07. The maximum Gasteiger partial charge on any atom is 0.160 e. The molecule has 1 aliphatic rings. The Morgan fingerprint density at radius 1 is 1.44 bits per heavy atom. The second-order valence-electron chi connectivity index (χ2n) is 4.70. The minimum atomic E-state index is 0.213. The van der Waals surface area contributed by atoms with Gasteiger partial charge in [-0.1, -0.05) is 12.5 Å². The van der Waals surface area contributed by atoms with Crippen LogP contribution in [0.2, 0.25) is 0 Å². The Hall–Kier alpha value is -0.870. The highest BCUT2D eigenvalue weighted by Crippen LogP contribution is 2.29. The smallest absolute Gasteiger partial charge is 0.160 e. The zero-order valence-electron chi connectivity index (χ0n) is 11.0. The summed E-state index contributed by atoms with van der Waals surface area (Å²) in [5.74, 6) is 0.742. The normalized spacial score (nSPS) is 23.2. The molecule has 0 spiro atoms. The van der Waals surface area contributed by atoms with E-state index in [4.69, 9.17) is 4.74 Å². The molecule has 1 fully saturated rings. The number of thioether (sulfide) groups is 1. The Morgan fingerprint density at radius 3 is 2.94 bits per heavy atom. The molecule has 2 N–H and O–H groups in total. The molecule has 3 nitrogen and oxygen atoms in total. The Morgan fingerprint density at radius 2 is 2.28 bits per heavy atom. The number of aromatic hydroxyl groups is 1. The molecule has 100 valence electrons. The first-order chi connectivity index (χ1) is 8.74. The number of methoxy groups -OCH3 is 1. The average molecular weight is 267 g/mol. The third-order valence-electron chi connectivity index (χ3n) is 3.57. The Balaban J connectivity index is 1.92. The summed E-state index contributed by atoms with van der Waals surface area (Å²) in [5, 5.41) is 14.0. The van der Waals surface area contributed by atoms with Gasteiger partial charge in [0.15, 0.2) is 11.5 Å². The van der Waals surface area contributed by atoms with Crippen LogP contribution in [-0.2, 0) is 6.54 Å². The van der Waals surface area contributed by atoms with Crippen LogP contribution < -0.4 is 10.1 Å². The topological polar surface area (TPSA) is 41.5 Å². The van der Waals surface area contributed by atoms with Gasteiger partial charge < -0.3 is 15.2 Å². The van der Waals surface area contributed by atoms with E-state index < -0.39 is 0 Å². The SMILES string of the molecule is COc1ccc(CNC2CCCC2SC)cc1O. The van der Waals surface area contributed by atoms with E-state index in [0.717, 1.165) is 17.4 Å². The largest absolute Gasteiger partial charge is 0.504 e. The van der Waals surface area contributed by atoms with Crippen molar-refractivity contribution in [1.82, 2.24) is 5.32 Å². The third-order valence-corrected chi connectivity index (χ3v) is 4.74. The summed E-state index contributed by atoms with van der Waals surface area (Å²) in [6, 6.07) is 6.18. The molecule has 0 heterocycles. The van der Waals surface area contributed by atoms with Gasteiger partial charge >= 0.3 is 0 Å². The molecule has 0 saturated heterocycles. The number of nitrogens with one attached hydrogen (secondary N) is 1. The molecule has 1 aromatic rings. The molecule has 0 radical (unpaired) electrons. The van der Waals surface area contributed by atoms with E-state index in [1.54, 1.807) is 13.2 Å². The van der Waals surface area contributed by atoms with Gasteiger partial charge in [0.2, 0.25) is 0 Å². The first-order valence-corrected chi connectivity index (χ1v) is 7.65. The van der Waals surface area contributed by atoms with Crippen molar-refractivity contribution in [2.24, 2.45) is 0 Å². The molecule has 0 aromatic heterocycles. The predicted molar refractivity (Wildman–Crippen MR) is 76.4 cm³/mol. The van der Waals surface area contributed by atoms with E-state index in [2.05, 4.69) is 11.6 Å². The maximum absolute atomic E-state index is 9.72. The minimum Gasteiger partial charge on any atom is -0.504 e. The first-order valence-electron chi connectivity index (χ1n) is 6.36. The summed E-state index contributed by atoms with van der Waals surface area (Å²) >= 11 is 1.95. The molecule has 0 amide bonds. The number of phenols is 1. The van der Waals surface area contributed by atoms with E-state index in [-0.39, 0.29) is 5.75 Å². The van der Waals surface area contributed by atoms with E-state index in [1.165, 1.54) is 19.3 Å². The van der Waals surface area contributed by atoms with E-state index in [1.807, 2.05) is 23.9 Å². The summed E-state index contributed by atoms with van der Waals surface area (Å²) in [4.78, 5) is 0.